The lowest BCUT2D eigenvalue weighted by Gasteiger charge is -2.10. The molecule has 0 saturated carbocycles. The number of fused-ring (bicyclic) bond motifs is 3. The molecule has 10 nitrogen and oxygen atoms in total. The third kappa shape index (κ3) is 3.82. The molecule has 1 aliphatic carbocycles. The fourth-order valence-corrected chi connectivity index (χ4v) is 5.24. The van der Waals surface area contributed by atoms with E-state index in [1.54, 1.807) is 35.6 Å². The van der Waals surface area contributed by atoms with Crippen molar-refractivity contribution in [2.75, 3.05) is 0 Å². The normalized spacial score (nSPS) is 13.0. The molecule has 0 fully saturated rings. The molecule has 11 heteroatoms. The number of aryl methyl sites for hydroxylation is 2. The van der Waals surface area contributed by atoms with Crippen LogP contribution in [0.5, 0.6) is 11.5 Å². The van der Waals surface area contributed by atoms with E-state index in [9.17, 15) is 25.0 Å². The number of thiophene rings is 1. The van der Waals surface area contributed by atoms with Crippen LogP contribution in [0.25, 0.3) is 21.6 Å². The zero-order valence-electron chi connectivity index (χ0n) is 17.1. The molecule has 0 bridgehead atoms. The van der Waals surface area contributed by atoms with Gasteiger partial charge in [-0.25, -0.2) is 4.98 Å². The van der Waals surface area contributed by atoms with Crippen molar-refractivity contribution in [3.8, 4) is 22.9 Å². The van der Waals surface area contributed by atoms with Crippen LogP contribution in [0.4, 0.5) is 11.4 Å². The molecule has 0 saturated heterocycles. The third-order valence-electron chi connectivity index (χ3n) is 5.51. The molecule has 2 heterocycles. The molecular formula is C22H16N4O6S. The van der Waals surface area contributed by atoms with Crippen LogP contribution in [0.3, 0.4) is 0 Å². The number of nitrogens with one attached hydrogen (secondary N) is 1. The van der Waals surface area contributed by atoms with Crippen molar-refractivity contribution in [3.05, 3.63) is 83.5 Å². The van der Waals surface area contributed by atoms with Gasteiger partial charge in [0.25, 0.3) is 11.2 Å². The first-order valence-electron chi connectivity index (χ1n) is 10.2. The number of benzene rings is 2. The van der Waals surface area contributed by atoms with Crippen LogP contribution in [0, 0.1) is 20.2 Å². The van der Waals surface area contributed by atoms with Gasteiger partial charge < -0.3 is 9.72 Å². The largest absolute Gasteiger partial charge is 0.450 e. The van der Waals surface area contributed by atoms with Gasteiger partial charge in [-0.2, -0.15) is 0 Å². The number of nitro groups is 2. The summed E-state index contributed by atoms with van der Waals surface area (Å²) in [5, 5.41) is 23.0. The van der Waals surface area contributed by atoms with E-state index in [0.717, 1.165) is 43.4 Å². The Balaban J connectivity index is 1.52. The predicted octanol–water partition coefficient (Wildman–Crippen LogP) is 5.14. The number of non-ortho nitro benzene ring substituents is 1. The van der Waals surface area contributed by atoms with Crippen LogP contribution < -0.4 is 10.3 Å². The lowest BCUT2D eigenvalue weighted by Crippen LogP contribution is -2.11. The van der Waals surface area contributed by atoms with E-state index in [4.69, 9.17) is 4.74 Å². The minimum Gasteiger partial charge on any atom is -0.450 e. The minimum atomic E-state index is -0.738. The first-order chi connectivity index (χ1) is 15.9. The van der Waals surface area contributed by atoms with E-state index < -0.39 is 21.2 Å². The van der Waals surface area contributed by atoms with E-state index >= 15 is 0 Å². The Kier molecular flexibility index (Phi) is 5.09. The number of hydrogen-bond donors (Lipinski definition) is 1. The molecule has 2 aromatic heterocycles. The Labute approximate surface area is 189 Å². The zero-order chi connectivity index (χ0) is 23.1. The highest BCUT2D eigenvalue weighted by molar-refractivity contribution is 7.18. The summed E-state index contributed by atoms with van der Waals surface area (Å²) in [5.74, 6) is 0.498. The number of rotatable bonds is 5. The number of aromatic amines is 1. The summed E-state index contributed by atoms with van der Waals surface area (Å²) in [5.41, 5.74) is 0.557. The Morgan fingerprint density at radius 1 is 1.03 bits per heavy atom. The molecule has 2 aromatic carbocycles. The van der Waals surface area contributed by atoms with E-state index in [2.05, 4.69) is 9.97 Å². The van der Waals surface area contributed by atoms with Crippen LogP contribution in [0.2, 0.25) is 0 Å². The molecule has 33 heavy (non-hydrogen) atoms. The number of H-pyrrole nitrogens is 1. The Hall–Kier alpha value is -4.12. The van der Waals surface area contributed by atoms with Gasteiger partial charge in [0, 0.05) is 16.5 Å². The molecule has 5 rings (SSSR count). The van der Waals surface area contributed by atoms with Crippen LogP contribution in [-0.4, -0.2) is 19.8 Å². The van der Waals surface area contributed by atoms with Crippen molar-refractivity contribution in [3.63, 3.8) is 0 Å². The predicted molar refractivity (Wildman–Crippen MR) is 122 cm³/mol. The van der Waals surface area contributed by atoms with Crippen molar-refractivity contribution < 1.29 is 14.6 Å². The lowest BCUT2D eigenvalue weighted by atomic mass is 9.97. The summed E-state index contributed by atoms with van der Waals surface area (Å²) >= 11 is 1.55. The quantitative estimate of drug-likeness (QED) is 0.318. The second-order valence-electron chi connectivity index (χ2n) is 7.60. The minimum absolute atomic E-state index is 0.134. The highest BCUT2D eigenvalue weighted by Crippen LogP contribution is 2.36. The van der Waals surface area contributed by atoms with E-state index in [0.29, 0.717) is 21.6 Å². The molecule has 0 aliphatic heterocycles. The van der Waals surface area contributed by atoms with Crippen molar-refractivity contribution >= 4 is 32.9 Å². The summed E-state index contributed by atoms with van der Waals surface area (Å²) in [6, 6.07) is 9.78. The number of ether oxygens (including phenoxy) is 1. The number of nitrogens with zero attached hydrogens (tertiary/aromatic N) is 3. The van der Waals surface area contributed by atoms with E-state index in [1.165, 1.54) is 10.9 Å². The van der Waals surface area contributed by atoms with Crippen LogP contribution in [-0.2, 0) is 12.8 Å². The Morgan fingerprint density at radius 2 is 1.85 bits per heavy atom. The Morgan fingerprint density at radius 3 is 2.64 bits per heavy atom. The SMILES string of the molecule is O=c1[nH]c(-c2cccc(Oc3ccc([N+](=O)[O-])cc3[N+](=O)[O-])c2)nc2sc3c(c12)CCCC3. The summed E-state index contributed by atoms with van der Waals surface area (Å²) in [6.07, 6.45) is 4.02. The van der Waals surface area contributed by atoms with Crippen LogP contribution >= 0.6 is 11.3 Å². The average Bonchev–Trinajstić information content (AvgIpc) is 3.18. The van der Waals surface area contributed by atoms with E-state index in [-0.39, 0.29) is 17.1 Å². The van der Waals surface area contributed by atoms with Crippen LogP contribution in [0.1, 0.15) is 23.3 Å². The third-order valence-corrected chi connectivity index (χ3v) is 6.70. The second kappa shape index (κ2) is 8.10. The maximum absolute atomic E-state index is 12.8. The van der Waals surface area contributed by atoms with Crippen molar-refractivity contribution in [2.24, 2.45) is 0 Å². The maximum Gasteiger partial charge on any atom is 0.318 e. The van der Waals surface area contributed by atoms with Gasteiger partial charge >= 0.3 is 5.69 Å². The van der Waals surface area contributed by atoms with Gasteiger partial charge in [-0.1, -0.05) is 12.1 Å². The van der Waals surface area contributed by atoms with Gasteiger partial charge in [0.05, 0.1) is 21.3 Å². The molecule has 0 spiro atoms. The standard InChI is InChI=1S/C22H16N4O6S/c27-21-19-15-6-1-2-7-18(15)33-22(19)24-20(23-21)12-4-3-5-14(10-12)32-17-9-8-13(25(28)29)11-16(17)26(30)31/h3-5,8-11H,1-2,6-7H2,(H,23,24,27). The second-order valence-corrected chi connectivity index (χ2v) is 8.69. The summed E-state index contributed by atoms with van der Waals surface area (Å²) < 4.78 is 5.67. The molecular weight excluding hydrogens is 448 g/mol. The summed E-state index contributed by atoms with van der Waals surface area (Å²) in [6.45, 7) is 0. The molecule has 4 aromatic rings. The summed E-state index contributed by atoms with van der Waals surface area (Å²) in [4.78, 5) is 43.1. The Bertz CT molecular complexity index is 1490. The topological polar surface area (TPSA) is 141 Å². The van der Waals surface area contributed by atoms with Crippen molar-refractivity contribution in [2.45, 2.75) is 25.7 Å². The molecule has 1 N–H and O–H groups in total. The first-order valence-corrected chi connectivity index (χ1v) is 11.0. The van der Waals surface area contributed by atoms with Gasteiger partial charge in [-0.05, 0) is 49.4 Å². The monoisotopic (exact) mass is 464 g/mol. The fourth-order valence-electron chi connectivity index (χ4n) is 3.98. The van der Waals surface area contributed by atoms with Gasteiger partial charge in [0.2, 0.25) is 5.75 Å². The average molecular weight is 464 g/mol. The molecule has 0 amide bonds. The van der Waals surface area contributed by atoms with Crippen molar-refractivity contribution in [1.82, 2.24) is 9.97 Å². The highest BCUT2D eigenvalue weighted by atomic mass is 32.1. The lowest BCUT2D eigenvalue weighted by molar-refractivity contribution is -0.394. The molecule has 0 unspecified atom stereocenters. The van der Waals surface area contributed by atoms with Gasteiger partial charge in [-0.15, -0.1) is 11.3 Å². The highest BCUT2D eigenvalue weighted by Gasteiger charge is 2.22. The number of nitro benzene ring substituents is 2. The first kappa shape index (κ1) is 20.8. The molecule has 0 atom stereocenters. The van der Waals surface area contributed by atoms with E-state index in [1.807, 2.05) is 0 Å². The molecule has 0 radical (unpaired) electrons. The van der Waals surface area contributed by atoms with Gasteiger partial charge in [0.15, 0.2) is 0 Å². The molecule has 1 aliphatic rings. The smallest absolute Gasteiger partial charge is 0.318 e. The summed E-state index contributed by atoms with van der Waals surface area (Å²) in [7, 11) is 0. The fraction of sp³-hybridized carbons (Fsp3) is 0.182. The molecule has 166 valence electrons. The van der Waals surface area contributed by atoms with Crippen LogP contribution in [0.15, 0.2) is 47.3 Å². The maximum atomic E-state index is 12.8. The van der Waals surface area contributed by atoms with Gasteiger partial charge in [-0.3, -0.25) is 25.0 Å². The zero-order valence-corrected chi connectivity index (χ0v) is 17.9. The number of hydrogen-bond acceptors (Lipinski definition) is 8. The van der Waals surface area contributed by atoms with Crippen molar-refractivity contribution in [1.29, 1.82) is 0 Å². The number of aromatic nitrogens is 2. The van der Waals surface area contributed by atoms with Gasteiger partial charge in [0.1, 0.15) is 16.4 Å².